The summed E-state index contributed by atoms with van der Waals surface area (Å²) in [6.07, 6.45) is -12.8. The van der Waals surface area contributed by atoms with Gasteiger partial charge < -0.3 is 48.8 Å². The number of aliphatic hydroxyl groups is 4. The molecule has 14 nitrogen and oxygen atoms in total. The van der Waals surface area contributed by atoms with Gasteiger partial charge in [-0.15, -0.1) is 0 Å². The number of hydrogen-bond donors (Lipinski definition) is 4. The molecule has 342 valence electrons. The summed E-state index contributed by atoms with van der Waals surface area (Å²) < 4.78 is 36.7. The average Bonchev–Trinajstić information content (AvgIpc) is 3.15. The molecular weight excluding hydrogens is 801 g/mol. The Morgan fingerprint density at radius 3 is 1.37 bits per heavy atom. The number of aryl methyl sites for hydroxylation is 2. The van der Waals surface area contributed by atoms with Gasteiger partial charge in [-0.05, 0) is 143 Å². The third-order valence-electron chi connectivity index (χ3n) is 10.6. The third kappa shape index (κ3) is 12.0. The van der Waals surface area contributed by atoms with E-state index in [0.29, 0.717) is 33.4 Å². The molecule has 4 N–H and O–H groups in total. The highest BCUT2D eigenvalue weighted by molar-refractivity contribution is 5.78. The first-order valence-corrected chi connectivity index (χ1v) is 20.9. The van der Waals surface area contributed by atoms with Gasteiger partial charge in [0.2, 0.25) is 0 Å². The molecule has 14 heteroatoms. The van der Waals surface area contributed by atoms with Gasteiger partial charge in [-0.2, -0.15) is 0 Å². The molecule has 2 aromatic carbocycles. The number of benzene rings is 2. The van der Waals surface area contributed by atoms with E-state index in [0.717, 1.165) is 0 Å². The van der Waals surface area contributed by atoms with Gasteiger partial charge in [0.05, 0.1) is 28.3 Å². The van der Waals surface area contributed by atoms with Crippen molar-refractivity contribution < 1.29 is 68.0 Å². The van der Waals surface area contributed by atoms with E-state index >= 15 is 0 Å². The molecule has 0 radical (unpaired) electrons. The lowest BCUT2D eigenvalue weighted by Crippen LogP contribution is -2.61. The second kappa shape index (κ2) is 19.2. The van der Waals surface area contributed by atoms with Crippen LogP contribution in [0, 0.1) is 47.3 Å². The summed E-state index contributed by atoms with van der Waals surface area (Å²) in [5.74, 6) is 3.84. The summed E-state index contributed by atoms with van der Waals surface area (Å²) in [4.78, 5) is 54.1. The fraction of sp³-hybridized carbons (Fsp3) is 0.625. The van der Waals surface area contributed by atoms with Crippen LogP contribution in [-0.2, 0) is 47.6 Å². The monoisotopic (exact) mass is 866 g/mol. The number of aliphatic hydroxyl groups excluding tert-OH is 4. The highest BCUT2D eigenvalue weighted by Gasteiger charge is 2.55. The predicted octanol–water partition coefficient (Wildman–Crippen LogP) is 5.12. The molecule has 2 fully saturated rings. The second-order valence-electron chi connectivity index (χ2n) is 20.4. The molecule has 0 unspecified atom stereocenters. The zero-order chi connectivity index (χ0) is 46.9. The van der Waals surface area contributed by atoms with Crippen molar-refractivity contribution in [2.75, 3.05) is 13.2 Å². The van der Waals surface area contributed by atoms with Crippen LogP contribution in [0.5, 0.6) is 0 Å². The van der Waals surface area contributed by atoms with Gasteiger partial charge in [-0.25, -0.2) is 0 Å². The van der Waals surface area contributed by atoms with Crippen LogP contribution in [0.15, 0.2) is 36.4 Å². The van der Waals surface area contributed by atoms with Gasteiger partial charge in [0.25, 0.3) is 0 Å². The van der Waals surface area contributed by atoms with E-state index in [4.69, 9.17) is 28.4 Å². The SMILES string of the molecule is Cc1cc(C#Cc2ccc([C@H]3O[C@H](COC(=O)C(C)(C)C)[C@@H](OC(=O)C(C)(C)C)[C@@H](OC(=O)C(C)(C)C)[C@@H]3OC(=O)C(C)(C)C)c(C)c2)ccc1[C@H]1O[C@H](CO)[C@@H](O)[C@H](O)[C@H]1O. The maximum Gasteiger partial charge on any atom is 0.311 e. The minimum atomic E-state index is -1.51. The van der Waals surface area contributed by atoms with E-state index < -0.39 is 113 Å². The van der Waals surface area contributed by atoms with E-state index in [1.54, 1.807) is 120 Å². The van der Waals surface area contributed by atoms with Crippen LogP contribution in [0.3, 0.4) is 0 Å². The van der Waals surface area contributed by atoms with Gasteiger partial charge in [0.15, 0.2) is 18.3 Å². The Morgan fingerprint density at radius 2 is 0.952 bits per heavy atom. The summed E-state index contributed by atoms with van der Waals surface area (Å²) >= 11 is 0. The molecule has 0 aliphatic carbocycles. The molecule has 0 amide bonds. The Morgan fingerprint density at radius 1 is 0.548 bits per heavy atom. The first-order valence-electron chi connectivity index (χ1n) is 20.9. The lowest BCUT2D eigenvalue weighted by molar-refractivity contribution is -0.262. The smallest absolute Gasteiger partial charge is 0.311 e. The molecule has 2 heterocycles. The van der Waals surface area contributed by atoms with Crippen LogP contribution < -0.4 is 0 Å². The van der Waals surface area contributed by atoms with Gasteiger partial charge in [0.1, 0.15) is 49.3 Å². The highest BCUT2D eigenvalue weighted by Crippen LogP contribution is 2.41. The summed E-state index contributed by atoms with van der Waals surface area (Å²) in [6, 6.07) is 10.6. The van der Waals surface area contributed by atoms with Crippen molar-refractivity contribution in [3.8, 4) is 11.8 Å². The quantitative estimate of drug-likeness (QED) is 0.155. The fourth-order valence-electron chi connectivity index (χ4n) is 6.63. The van der Waals surface area contributed by atoms with Crippen LogP contribution in [0.25, 0.3) is 0 Å². The van der Waals surface area contributed by atoms with Crippen molar-refractivity contribution >= 4 is 23.9 Å². The Balaban J connectivity index is 1.79. The lowest BCUT2D eigenvalue weighted by atomic mass is 9.87. The number of ether oxygens (including phenoxy) is 6. The minimum Gasteiger partial charge on any atom is -0.462 e. The summed E-state index contributed by atoms with van der Waals surface area (Å²) in [5.41, 5.74) is -0.169. The van der Waals surface area contributed by atoms with Crippen LogP contribution in [0.4, 0.5) is 0 Å². The molecule has 4 rings (SSSR count). The molecular formula is C48H66O14. The topological polar surface area (TPSA) is 205 Å². The second-order valence-corrected chi connectivity index (χ2v) is 20.4. The van der Waals surface area contributed by atoms with Crippen molar-refractivity contribution in [2.45, 2.75) is 158 Å². The van der Waals surface area contributed by atoms with E-state index in [2.05, 4.69) is 11.8 Å². The maximum atomic E-state index is 13.7. The predicted molar refractivity (Wildman–Crippen MR) is 227 cm³/mol. The number of rotatable bonds is 8. The van der Waals surface area contributed by atoms with Crippen LogP contribution in [0.1, 0.15) is 129 Å². The zero-order valence-electron chi connectivity index (χ0n) is 38.5. The number of carbonyl (C=O) groups excluding carboxylic acids is 4. The number of hydrogen-bond acceptors (Lipinski definition) is 14. The molecule has 0 aromatic heterocycles. The fourth-order valence-corrected chi connectivity index (χ4v) is 6.63. The Kier molecular flexibility index (Phi) is 15.5. The van der Waals surface area contributed by atoms with Crippen LogP contribution >= 0.6 is 0 Å². The first-order chi connectivity index (χ1) is 28.4. The van der Waals surface area contributed by atoms with E-state index in [9.17, 15) is 39.6 Å². The first kappa shape index (κ1) is 50.3. The standard InChI is InChI=1S/C48H66O14/c1-25-21-27(17-19-29(25)36-35(52)34(51)33(50)31(23-49)58-36)15-16-28-18-20-30(26(2)22-28)37-39(61-43(55)47(9,10)11)40(62-44(56)48(12,13)14)38(60-42(54)46(6,7)8)32(59-37)24-57-41(53)45(3,4)5/h17-22,31-40,49-52H,23-24H2,1-14H3/t31-,32-,33-,34+,35-,36-,37-,38-,39-,40-/m1/s1. The third-order valence-corrected chi connectivity index (χ3v) is 10.6. The Labute approximate surface area is 365 Å². The Hall–Kier alpha value is -4.36. The molecule has 0 bridgehead atoms. The number of carbonyl (C=O) groups is 4. The molecule has 0 saturated carbocycles. The van der Waals surface area contributed by atoms with E-state index in [1.807, 2.05) is 13.0 Å². The van der Waals surface area contributed by atoms with E-state index in [-0.39, 0.29) is 6.61 Å². The lowest BCUT2D eigenvalue weighted by Gasteiger charge is -2.46. The van der Waals surface area contributed by atoms with Crippen molar-refractivity contribution in [3.63, 3.8) is 0 Å². The average molecular weight is 867 g/mol. The Bertz CT molecular complexity index is 2020. The minimum absolute atomic E-state index is 0.380. The molecule has 2 aromatic rings. The summed E-state index contributed by atoms with van der Waals surface area (Å²) in [5, 5.41) is 40.9. The highest BCUT2D eigenvalue weighted by atomic mass is 16.7. The summed E-state index contributed by atoms with van der Waals surface area (Å²) in [6.45, 7) is 22.8. The molecule has 62 heavy (non-hydrogen) atoms. The molecule has 2 aliphatic rings. The van der Waals surface area contributed by atoms with Crippen molar-refractivity contribution in [2.24, 2.45) is 21.7 Å². The van der Waals surface area contributed by atoms with Gasteiger partial charge >= 0.3 is 23.9 Å². The van der Waals surface area contributed by atoms with Crippen LogP contribution in [0.2, 0.25) is 0 Å². The van der Waals surface area contributed by atoms with Gasteiger partial charge in [0, 0.05) is 11.1 Å². The molecule has 10 atom stereocenters. The maximum absolute atomic E-state index is 13.7. The number of esters is 4. The molecule has 2 saturated heterocycles. The normalized spacial score (nSPS) is 27.0. The molecule has 0 spiro atoms. The molecule has 2 aliphatic heterocycles. The van der Waals surface area contributed by atoms with Gasteiger partial charge in [-0.1, -0.05) is 24.0 Å². The van der Waals surface area contributed by atoms with Gasteiger partial charge in [-0.3, -0.25) is 19.2 Å². The van der Waals surface area contributed by atoms with Crippen molar-refractivity contribution in [1.29, 1.82) is 0 Å². The van der Waals surface area contributed by atoms with E-state index in [1.165, 1.54) is 0 Å². The van der Waals surface area contributed by atoms with Crippen molar-refractivity contribution in [3.05, 3.63) is 69.8 Å². The largest absolute Gasteiger partial charge is 0.462 e. The van der Waals surface area contributed by atoms with Crippen LogP contribution in [-0.4, -0.2) is 106 Å². The van der Waals surface area contributed by atoms with Crippen molar-refractivity contribution in [1.82, 2.24) is 0 Å². The zero-order valence-corrected chi connectivity index (χ0v) is 38.5. The summed E-state index contributed by atoms with van der Waals surface area (Å²) in [7, 11) is 0.